The maximum Gasteiger partial charge on any atom is 0.343 e. The Balaban J connectivity index is 1.44. The second-order valence-electron chi connectivity index (χ2n) is 6.58. The average Bonchev–Trinajstić information content (AvgIpc) is 2.79. The van der Waals surface area contributed by atoms with Crippen LogP contribution in [0.2, 0.25) is 0 Å². The molecule has 31 heavy (non-hydrogen) atoms. The van der Waals surface area contributed by atoms with Crippen molar-refractivity contribution < 1.29 is 23.8 Å². The highest BCUT2D eigenvalue weighted by Gasteiger charge is 2.08. The summed E-state index contributed by atoms with van der Waals surface area (Å²) in [4.78, 5) is 24.0. The summed E-state index contributed by atoms with van der Waals surface area (Å²) in [6.45, 7) is 1.78. The first-order valence-corrected chi connectivity index (χ1v) is 9.51. The van der Waals surface area contributed by atoms with Crippen LogP contribution in [0.25, 0.3) is 0 Å². The number of methoxy groups -OCH3 is 1. The monoisotopic (exact) mass is 418 g/mol. The highest BCUT2D eigenvalue weighted by molar-refractivity contribution is 5.91. The molecule has 158 valence electrons. The standard InChI is InChI=1S/C24H22N2O5/c1-17-3-7-19(8-4-17)24(28)31-22-9-5-18(6-10-22)15-25-26-23(27)16-30-21-13-11-20(29-2)12-14-21/h3-15H,16H2,1-2H3,(H,26,27)/b25-15-. The lowest BCUT2D eigenvalue weighted by Crippen LogP contribution is -2.24. The van der Waals surface area contributed by atoms with Crippen molar-refractivity contribution in [1.29, 1.82) is 0 Å². The molecule has 0 aliphatic heterocycles. The Labute approximate surface area is 180 Å². The molecule has 3 aromatic rings. The van der Waals surface area contributed by atoms with E-state index in [-0.39, 0.29) is 6.61 Å². The molecule has 7 nitrogen and oxygen atoms in total. The molecule has 0 spiro atoms. The molecule has 0 heterocycles. The van der Waals surface area contributed by atoms with Gasteiger partial charge in [-0.1, -0.05) is 17.7 Å². The fraction of sp³-hybridized carbons (Fsp3) is 0.125. The summed E-state index contributed by atoms with van der Waals surface area (Å²) in [6.07, 6.45) is 1.48. The van der Waals surface area contributed by atoms with E-state index >= 15 is 0 Å². The van der Waals surface area contributed by atoms with Gasteiger partial charge in [-0.25, -0.2) is 10.2 Å². The average molecular weight is 418 g/mol. The fourth-order valence-electron chi connectivity index (χ4n) is 2.51. The topological polar surface area (TPSA) is 86.2 Å². The predicted octanol–water partition coefficient (Wildman–Crippen LogP) is 3.75. The van der Waals surface area contributed by atoms with Crippen molar-refractivity contribution in [2.45, 2.75) is 6.92 Å². The molecule has 0 saturated carbocycles. The van der Waals surface area contributed by atoms with Gasteiger partial charge in [-0.05, 0) is 73.2 Å². The SMILES string of the molecule is COc1ccc(OCC(=O)N/N=C\c2ccc(OC(=O)c3ccc(C)cc3)cc2)cc1. The highest BCUT2D eigenvalue weighted by Crippen LogP contribution is 2.17. The summed E-state index contributed by atoms with van der Waals surface area (Å²) in [5, 5.41) is 3.90. The van der Waals surface area contributed by atoms with E-state index in [1.54, 1.807) is 67.8 Å². The maximum absolute atomic E-state index is 12.1. The fourth-order valence-corrected chi connectivity index (χ4v) is 2.51. The third kappa shape index (κ3) is 6.71. The predicted molar refractivity (Wildman–Crippen MR) is 117 cm³/mol. The van der Waals surface area contributed by atoms with Gasteiger partial charge in [0.05, 0.1) is 18.9 Å². The molecular weight excluding hydrogens is 396 g/mol. The van der Waals surface area contributed by atoms with E-state index in [1.807, 2.05) is 19.1 Å². The lowest BCUT2D eigenvalue weighted by Gasteiger charge is -2.06. The molecule has 0 saturated heterocycles. The van der Waals surface area contributed by atoms with Gasteiger partial charge in [0.1, 0.15) is 17.2 Å². The molecule has 0 aromatic heterocycles. The van der Waals surface area contributed by atoms with Gasteiger partial charge in [-0.3, -0.25) is 4.79 Å². The summed E-state index contributed by atoms with van der Waals surface area (Å²) in [5.41, 5.74) is 4.67. The first-order valence-electron chi connectivity index (χ1n) is 9.51. The summed E-state index contributed by atoms with van der Waals surface area (Å²) in [6, 6.07) is 20.8. The Morgan fingerprint density at radius 1 is 0.871 bits per heavy atom. The second kappa shape index (κ2) is 10.6. The van der Waals surface area contributed by atoms with Crippen molar-refractivity contribution >= 4 is 18.1 Å². The highest BCUT2D eigenvalue weighted by atomic mass is 16.5. The van der Waals surface area contributed by atoms with Crippen LogP contribution < -0.4 is 19.6 Å². The van der Waals surface area contributed by atoms with Crippen LogP contribution >= 0.6 is 0 Å². The molecule has 3 rings (SSSR count). The minimum absolute atomic E-state index is 0.169. The molecule has 0 fully saturated rings. The lowest BCUT2D eigenvalue weighted by atomic mass is 10.1. The van der Waals surface area contributed by atoms with Crippen LogP contribution in [-0.2, 0) is 4.79 Å². The van der Waals surface area contributed by atoms with Gasteiger partial charge >= 0.3 is 5.97 Å². The van der Waals surface area contributed by atoms with Gasteiger partial charge in [0.2, 0.25) is 0 Å². The molecular formula is C24H22N2O5. The van der Waals surface area contributed by atoms with Crippen molar-refractivity contribution in [3.05, 3.63) is 89.5 Å². The summed E-state index contributed by atoms with van der Waals surface area (Å²) in [7, 11) is 1.58. The van der Waals surface area contributed by atoms with Gasteiger partial charge in [0.25, 0.3) is 5.91 Å². The zero-order valence-corrected chi connectivity index (χ0v) is 17.2. The van der Waals surface area contributed by atoms with E-state index < -0.39 is 11.9 Å². The zero-order chi connectivity index (χ0) is 22.1. The first-order chi connectivity index (χ1) is 15.0. The summed E-state index contributed by atoms with van der Waals surface area (Å²) >= 11 is 0. The number of esters is 1. The van der Waals surface area contributed by atoms with Gasteiger partial charge < -0.3 is 14.2 Å². The number of benzene rings is 3. The molecule has 7 heteroatoms. The van der Waals surface area contributed by atoms with Crippen molar-refractivity contribution in [2.75, 3.05) is 13.7 Å². The minimum Gasteiger partial charge on any atom is -0.497 e. The Hall–Kier alpha value is -4.13. The van der Waals surface area contributed by atoms with Crippen molar-refractivity contribution in [1.82, 2.24) is 5.43 Å². The third-order valence-corrected chi connectivity index (χ3v) is 4.21. The van der Waals surface area contributed by atoms with Crippen LogP contribution in [0.3, 0.4) is 0 Å². The van der Waals surface area contributed by atoms with Crippen LogP contribution in [0.5, 0.6) is 17.2 Å². The third-order valence-electron chi connectivity index (χ3n) is 4.21. The van der Waals surface area contributed by atoms with E-state index in [0.717, 1.165) is 11.1 Å². The molecule has 0 bridgehead atoms. The van der Waals surface area contributed by atoms with E-state index in [9.17, 15) is 9.59 Å². The Kier molecular flexibility index (Phi) is 7.37. The first kappa shape index (κ1) is 21.6. The number of amides is 1. The molecule has 0 atom stereocenters. The second-order valence-corrected chi connectivity index (χ2v) is 6.58. The van der Waals surface area contributed by atoms with Crippen LogP contribution in [0.15, 0.2) is 77.9 Å². The molecule has 3 aromatic carbocycles. The van der Waals surface area contributed by atoms with E-state index in [4.69, 9.17) is 14.2 Å². The number of hydrogen-bond donors (Lipinski definition) is 1. The molecule has 0 aliphatic rings. The van der Waals surface area contributed by atoms with Gasteiger partial charge in [0.15, 0.2) is 6.61 Å². The maximum atomic E-state index is 12.1. The number of nitrogens with one attached hydrogen (secondary N) is 1. The molecule has 0 aliphatic carbocycles. The number of hydrogen-bond acceptors (Lipinski definition) is 6. The molecule has 1 N–H and O–H groups in total. The minimum atomic E-state index is -0.425. The van der Waals surface area contributed by atoms with Crippen molar-refractivity contribution in [3.8, 4) is 17.2 Å². The van der Waals surface area contributed by atoms with Gasteiger partial charge in [-0.2, -0.15) is 5.10 Å². The van der Waals surface area contributed by atoms with E-state index in [0.29, 0.717) is 22.8 Å². The summed E-state index contributed by atoms with van der Waals surface area (Å²) < 4.78 is 15.8. The molecule has 0 unspecified atom stereocenters. The Morgan fingerprint density at radius 2 is 1.48 bits per heavy atom. The number of rotatable bonds is 8. The Bertz CT molecular complexity index is 1040. The van der Waals surface area contributed by atoms with Crippen LogP contribution in [-0.4, -0.2) is 31.8 Å². The smallest absolute Gasteiger partial charge is 0.343 e. The van der Waals surface area contributed by atoms with E-state index in [2.05, 4.69) is 10.5 Å². The van der Waals surface area contributed by atoms with Crippen LogP contribution in [0, 0.1) is 6.92 Å². The number of aryl methyl sites for hydroxylation is 1. The van der Waals surface area contributed by atoms with Gasteiger partial charge in [-0.15, -0.1) is 0 Å². The van der Waals surface area contributed by atoms with Crippen molar-refractivity contribution in [3.63, 3.8) is 0 Å². The Morgan fingerprint density at radius 3 is 2.13 bits per heavy atom. The number of ether oxygens (including phenoxy) is 3. The quantitative estimate of drug-likeness (QED) is 0.261. The summed E-state index contributed by atoms with van der Waals surface area (Å²) in [5.74, 6) is 0.856. The molecule has 1 amide bonds. The number of carbonyl (C=O) groups excluding carboxylic acids is 2. The largest absolute Gasteiger partial charge is 0.497 e. The van der Waals surface area contributed by atoms with Crippen LogP contribution in [0.4, 0.5) is 0 Å². The molecule has 0 radical (unpaired) electrons. The number of hydrazone groups is 1. The zero-order valence-electron chi connectivity index (χ0n) is 17.2. The number of carbonyl (C=O) groups is 2. The van der Waals surface area contributed by atoms with E-state index in [1.165, 1.54) is 6.21 Å². The van der Waals surface area contributed by atoms with Crippen LogP contribution in [0.1, 0.15) is 21.5 Å². The normalized spacial score (nSPS) is 10.5. The van der Waals surface area contributed by atoms with Gasteiger partial charge in [0, 0.05) is 0 Å². The number of nitrogens with zero attached hydrogens (tertiary/aromatic N) is 1. The lowest BCUT2D eigenvalue weighted by molar-refractivity contribution is -0.123. The van der Waals surface area contributed by atoms with Crippen molar-refractivity contribution in [2.24, 2.45) is 5.10 Å².